The van der Waals surface area contributed by atoms with E-state index >= 15 is 0 Å². The zero-order valence-electron chi connectivity index (χ0n) is 9.88. The summed E-state index contributed by atoms with van der Waals surface area (Å²) < 4.78 is 0. The molecule has 1 amide bonds. The number of Topliss-reactive ketones (excluding diaryl/α,β-unsaturated/α-hetero) is 1. The highest BCUT2D eigenvalue weighted by Gasteiger charge is 2.17. The van der Waals surface area contributed by atoms with Crippen LogP contribution in [-0.4, -0.2) is 35.8 Å². The lowest BCUT2D eigenvalue weighted by atomic mass is 10.1. The van der Waals surface area contributed by atoms with Gasteiger partial charge >= 0.3 is 0 Å². The van der Waals surface area contributed by atoms with E-state index < -0.39 is 0 Å². The summed E-state index contributed by atoms with van der Waals surface area (Å²) in [6.45, 7) is 3.36. The molecule has 1 aromatic heterocycles. The Morgan fingerprint density at radius 3 is 2.65 bits per heavy atom. The molecule has 2 heterocycles. The van der Waals surface area contributed by atoms with E-state index in [0.29, 0.717) is 11.3 Å². The van der Waals surface area contributed by atoms with Crippen LogP contribution in [0.25, 0.3) is 0 Å². The maximum Gasteiger partial charge on any atom is 0.267 e. The first-order chi connectivity index (χ1) is 8.16. The number of nitrogens with one attached hydrogen (secondary N) is 3. The Morgan fingerprint density at radius 2 is 2.06 bits per heavy atom. The number of carbonyl (C=O) groups is 2. The maximum absolute atomic E-state index is 11.9. The molecule has 17 heavy (non-hydrogen) atoms. The van der Waals surface area contributed by atoms with E-state index in [2.05, 4.69) is 15.6 Å². The summed E-state index contributed by atoms with van der Waals surface area (Å²) in [7, 11) is 0. The molecule has 0 bridgehead atoms. The summed E-state index contributed by atoms with van der Waals surface area (Å²) in [6, 6.07) is 1.83. The summed E-state index contributed by atoms with van der Waals surface area (Å²) in [5.41, 5.74) is 0.995. The van der Waals surface area contributed by atoms with E-state index in [4.69, 9.17) is 0 Å². The molecule has 92 valence electrons. The zero-order chi connectivity index (χ0) is 12.3. The predicted octanol–water partition coefficient (Wildman–Crippen LogP) is 0.699. The molecule has 5 nitrogen and oxygen atoms in total. The van der Waals surface area contributed by atoms with Crippen LogP contribution in [0.5, 0.6) is 0 Å². The van der Waals surface area contributed by atoms with Gasteiger partial charge in [0, 0.05) is 17.8 Å². The zero-order valence-corrected chi connectivity index (χ0v) is 9.88. The van der Waals surface area contributed by atoms with Crippen LogP contribution in [0, 0.1) is 0 Å². The Balaban J connectivity index is 1.96. The molecule has 1 aromatic rings. The van der Waals surface area contributed by atoms with Gasteiger partial charge in [-0.2, -0.15) is 0 Å². The van der Waals surface area contributed by atoms with Crippen LogP contribution < -0.4 is 10.6 Å². The Hall–Kier alpha value is -1.62. The molecule has 0 aromatic carbocycles. The fraction of sp³-hybridized carbons (Fsp3) is 0.500. The minimum absolute atomic E-state index is 0.0397. The van der Waals surface area contributed by atoms with Gasteiger partial charge in [0.25, 0.3) is 5.91 Å². The van der Waals surface area contributed by atoms with Gasteiger partial charge in [-0.25, -0.2) is 0 Å². The molecule has 0 spiro atoms. The van der Waals surface area contributed by atoms with Gasteiger partial charge in [0.2, 0.25) is 0 Å². The quantitative estimate of drug-likeness (QED) is 0.675. The topological polar surface area (TPSA) is 74.0 Å². The fourth-order valence-corrected chi connectivity index (χ4v) is 1.96. The molecule has 1 aliphatic rings. The molecular formula is C12H17N3O2. The highest BCUT2D eigenvalue weighted by Crippen LogP contribution is 2.07. The van der Waals surface area contributed by atoms with Crippen LogP contribution in [0.2, 0.25) is 0 Å². The van der Waals surface area contributed by atoms with Crippen LogP contribution >= 0.6 is 0 Å². The first-order valence-electron chi connectivity index (χ1n) is 5.88. The van der Waals surface area contributed by atoms with E-state index in [1.54, 1.807) is 12.3 Å². The average Bonchev–Trinajstić information content (AvgIpc) is 2.79. The number of hydrogen-bond donors (Lipinski definition) is 3. The maximum atomic E-state index is 11.9. The lowest BCUT2D eigenvalue weighted by Crippen LogP contribution is -2.42. The van der Waals surface area contributed by atoms with Gasteiger partial charge in [0.05, 0.1) is 0 Å². The molecule has 1 aliphatic heterocycles. The number of piperidine rings is 1. The molecule has 0 aliphatic carbocycles. The molecule has 0 unspecified atom stereocenters. The van der Waals surface area contributed by atoms with Gasteiger partial charge < -0.3 is 15.6 Å². The molecule has 2 rings (SSSR count). The van der Waals surface area contributed by atoms with Gasteiger partial charge in [0.15, 0.2) is 5.78 Å². The monoisotopic (exact) mass is 235 g/mol. The second kappa shape index (κ2) is 5.14. The highest BCUT2D eigenvalue weighted by atomic mass is 16.2. The molecule has 1 saturated heterocycles. The first kappa shape index (κ1) is 11.9. The van der Waals surface area contributed by atoms with E-state index in [0.717, 1.165) is 25.9 Å². The number of H-pyrrole nitrogens is 1. The Morgan fingerprint density at radius 1 is 1.35 bits per heavy atom. The van der Waals surface area contributed by atoms with Crippen LogP contribution in [0.1, 0.15) is 40.6 Å². The standard InChI is InChI=1S/C12H17N3O2/c1-8(16)9-6-11(14-7-9)12(17)15-10-2-4-13-5-3-10/h6-7,10,13-14H,2-5H2,1H3,(H,15,17). The van der Waals surface area contributed by atoms with Crippen molar-refractivity contribution in [2.45, 2.75) is 25.8 Å². The van der Waals surface area contributed by atoms with Crippen molar-refractivity contribution in [3.05, 3.63) is 23.5 Å². The normalized spacial score (nSPS) is 16.8. The second-order valence-electron chi connectivity index (χ2n) is 4.36. The number of carbonyl (C=O) groups excluding carboxylic acids is 2. The van der Waals surface area contributed by atoms with E-state index in [1.165, 1.54) is 6.92 Å². The Labute approximate surface area is 100.0 Å². The van der Waals surface area contributed by atoms with Crippen molar-refractivity contribution in [2.75, 3.05) is 13.1 Å². The fourth-order valence-electron chi connectivity index (χ4n) is 1.96. The number of hydrogen-bond acceptors (Lipinski definition) is 3. The summed E-state index contributed by atoms with van der Waals surface area (Å²) in [5.74, 6) is -0.174. The van der Waals surface area contributed by atoms with Crippen LogP contribution in [0.15, 0.2) is 12.3 Å². The SMILES string of the molecule is CC(=O)c1c[nH]c(C(=O)NC2CCNCC2)c1. The van der Waals surface area contributed by atoms with Crippen molar-refractivity contribution in [1.82, 2.24) is 15.6 Å². The van der Waals surface area contributed by atoms with Gasteiger partial charge in [-0.05, 0) is 38.9 Å². The molecule has 0 atom stereocenters. The van der Waals surface area contributed by atoms with Crippen LogP contribution in [0.4, 0.5) is 0 Å². The third-order valence-corrected chi connectivity index (χ3v) is 3.01. The summed E-state index contributed by atoms with van der Waals surface area (Å²) in [5, 5.41) is 6.21. The lowest BCUT2D eigenvalue weighted by Gasteiger charge is -2.23. The van der Waals surface area contributed by atoms with Gasteiger partial charge in [-0.3, -0.25) is 9.59 Å². The predicted molar refractivity (Wildman–Crippen MR) is 64.2 cm³/mol. The van der Waals surface area contributed by atoms with E-state index in [9.17, 15) is 9.59 Å². The minimum Gasteiger partial charge on any atom is -0.356 e. The second-order valence-corrected chi connectivity index (χ2v) is 4.36. The summed E-state index contributed by atoms with van der Waals surface area (Å²) in [6.07, 6.45) is 3.47. The molecule has 5 heteroatoms. The number of ketones is 1. The molecular weight excluding hydrogens is 218 g/mol. The van der Waals surface area contributed by atoms with E-state index in [1.807, 2.05) is 0 Å². The van der Waals surface area contributed by atoms with E-state index in [-0.39, 0.29) is 17.7 Å². The average molecular weight is 235 g/mol. The van der Waals surface area contributed by atoms with Crippen LogP contribution in [0.3, 0.4) is 0 Å². The van der Waals surface area contributed by atoms with Crippen molar-refractivity contribution in [3.8, 4) is 0 Å². The van der Waals surface area contributed by atoms with Crippen LogP contribution in [-0.2, 0) is 0 Å². The van der Waals surface area contributed by atoms with Gasteiger partial charge in [0.1, 0.15) is 5.69 Å². The van der Waals surface area contributed by atoms with Crippen molar-refractivity contribution in [2.24, 2.45) is 0 Å². The van der Waals surface area contributed by atoms with Crippen molar-refractivity contribution >= 4 is 11.7 Å². The largest absolute Gasteiger partial charge is 0.356 e. The van der Waals surface area contributed by atoms with Gasteiger partial charge in [-0.15, -0.1) is 0 Å². The minimum atomic E-state index is -0.135. The Bertz CT molecular complexity index is 419. The lowest BCUT2D eigenvalue weighted by molar-refractivity contribution is 0.0925. The number of aromatic nitrogens is 1. The third-order valence-electron chi connectivity index (χ3n) is 3.01. The molecule has 0 saturated carbocycles. The number of amides is 1. The first-order valence-corrected chi connectivity index (χ1v) is 5.88. The smallest absolute Gasteiger partial charge is 0.267 e. The highest BCUT2D eigenvalue weighted by molar-refractivity contribution is 5.99. The van der Waals surface area contributed by atoms with Gasteiger partial charge in [-0.1, -0.05) is 0 Å². The number of rotatable bonds is 3. The molecule has 3 N–H and O–H groups in total. The Kier molecular flexibility index (Phi) is 3.58. The summed E-state index contributed by atoms with van der Waals surface area (Å²) >= 11 is 0. The molecule has 0 radical (unpaired) electrons. The summed E-state index contributed by atoms with van der Waals surface area (Å²) in [4.78, 5) is 25.8. The number of aromatic amines is 1. The van der Waals surface area contributed by atoms with Crippen molar-refractivity contribution in [3.63, 3.8) is 0 Å². The van der Waals surface area contributed by atoms with Crippen molar-refractivity contribution in [1.29, 1.82) is 0 Å². The molecule has 1 fully saturated rings. The van der Waals surface area contributed by atoms with Crippen molar-refractivity contribution < 1.29 is 9.59 Å². The third kappa shape index (κ3) is 2.94.